The van der Waals surface area contributed by atoms with Crippen molar-refractivity contribution in [2.75, 3.05) is 0 Å². The monoisotopic (exact) mass is 640 g/mol. The molecule has 0 fully saturated rings. The van der Waals surface area contributed by atoms with Gasteiger partial charge in [-0.15, -0.1) is 11.3 Å². The zero-order valence-corrected chi connectivity index (χ0v) is 27.3. The summed E-state index contributed by atoms with van der Waals surface area (Å²) < 4.78 is 7.56. The minimum absolute atomic E-state index is 1.16. The third kappa shape index (κ3) is 3.94. The molecule has 0 unspecified atom stereocenters. The first kappa shape index (κ1) is 26.9. The zero-order valence-electron chi connectivity index (χ0n) is 26.5. The SMILES string of the molecule is c1ccc(-n2c3cc4c(cc3c3cc5c6ccccc6n(-c6ccc(-c7ccc8ccccc8c7)cc6)c5cc32)sc2ccccc24)cc1. The van der Waals surface area contributed by atoms with Crippen molar-refractivity contribution in [1.29, 1.82) is 0 Å². The molecule has 0 saturated heterocycles. The van der Waals surface area contributed by atoms with Gasteiger partial charge in [0.1, 0.15) is 0 Å². The topological polar surface area (TPSA) is 9.86 Å². The summed E-state index contributed by atoms with van der Waals surface area (Å²) in [6.07, 6.45) is 0. The Morgan fingerprint density at radius 1 is 0.306 bits per heavy atom. The van der Waals surface area contributed by atoms with Crippen molar-refractivity contribution in [1.82, 2.24) is 9.13 Å². The lowest BCUT2D eigenvalue weighted by Gasteiger charge is -2.11. The van der Waals surface area contributed by atoms with E-state index in [2.05, 4.69) is 179 Å². The van der Waals surface area contributed by atoms with Gasteiger partial charge in [-0.2, -0.15) is 0 Å². The molecule has 0 atom stereocenters. The molecule has 0 radical (unpaired) electrons. The second-order valence-corrected chi connectivity index (χ2v) is 14.1. The van der Waals surface area contributed by atoms with Crippen LogP contribution in [0.4, 0.5) is 0 Å². The van der Waals surface area contributed by atoms with Crippen LogP contribution in [0.3, 0.4) is 0 Å². The molecule has 49 heavy (non-hydrogen) atoms. The van der Waals surface area contributed by atoms with E-state index in [1.54, 1.807) is 0 Å². The van der Waals surface area contributed by atoms with E-state index in [9.17, 15) is 0 Å². The molecule has 0 aliphatic rings. The maximum absolute atomic E-state index is 2.46. The first-order valence-electron chi connectivity index (χ1n) is 16.8. The number of hydrogen-bond acceptors (Lipinski definition) is 1. The van der Waals surface area contributed by atoms with Crippen LogP contribution in [-0.4, -0.2) is 9.13 Å². The van der Waals surface area contributed by atoms with Crippen LogP contribution in [0.5, 0.6) is 0 Å². The summed E-state index contributed by atoms with van der Waals surface area (Å²) in [5.41, 5.74) is 9.65. The highest BCUT2D eigenvalue weighted by atomic mass is 32.1. The molecule has 8 aromatic carbocycles. The smallest absolute Gasteiger partial charge is 0.0562 e. The first-order chi connectivity index (χ1) is 24.3. The Balaban J connectivity index is 1.18. The number of rotatable bonds is 3. The Morgan fingerprint density at radius 3 is 1.78 bits per heavy atom. The number of hydrogen-bond donors (Lipinski definition) is 0. The van der Waals surface area contributed by atoms with Gasteiger partial charge in [-0.05, 0) is 88.6 Å². The fraction of sp³-hybridized carbons (Fsp3) is 0. The molecule has 0 amide bonds. The summed E-state index contributed by atoms with van der Waals surface area (Å²) in [6, 6.07) is 62.5. The predicted molar refractivity (Wildman–Crippen MR) is 211 cm³/mol. The van der Waals surface area contributed by atoms with Gasteiger partial charge in [0.25, 0.3) is 0 Å². The van der Waals surface area contributed by atoms with Crippen molar-refractivity contribution in [2.24, 2.45) is 0 Å². The standard InChI is InChI=1S/C46H28N2S/c1-2-12-33(13-3-1)48-42-26-40-36-15-7-9-17-45(36)49-46(40)27-39(42)38-25-37-35-14-6-8-16-41(35)47(43(37)28-44(38)48)34-22-20-30(21-23-34)32-19-18-29-10-4-5-11-31(29)24-32/h1-28H. The maximum Gasteiger partial charge on any atom is 0.0562 e. The van der Waals surface area contributed by atoms with Gasteiger partial charge in [0.2, 0.25) is 0 Å². The number of benzene rings is 8. The predicted octanol–water partition coefficient (Wildman–Crippen LogP) is 13.1. The van der Waals surface area contributed by atoms with Gasteiger partial charge in [-0.3, -0.25) is 0 Å². The summed E-state index contributed by atoms with van der Waals surface area (Å²) in [6.45, 7) is 0. The fourth-order valence-corrected chi connectivity index (χ4v) is 9.13. The van der Waals surface area contributed by atoms with Crippen molar-refractivity contribution in [3.05, 3.63) is 170 Å². The summed E-state index contributed by atoms with van der Waals surface area (Å²) in [7, 11) is 0. The molecule has 3 heterocycles. The second-order valence-electron chi connectivity index (χ2n) is 13.0. The molecule has 2 nitrogen and oxygen atoms in total. The van der Waals surface area contributed by atoms with Gasteiger partial charge in [0, 0.05) is 53.1 Å². The lowest BCUT2D eigenvalue weighted by Crippen LogP contribution is -1.96. The van der Waals surface area contributed by atoms with Crippen LogP contribution >= 0.6 is 11.3 Å². The van der Waals surface area contributed by atoms with Gasteiger partial charge in [-0.25, -0.2) is 0 Å². The number of fused-ring (bicyclic) bond motifs is 10. The molecule has 0 N–H and O–H groups in total. The minimum atomic E-state index is 1.16. The molecule has 0 bridgehead atoms. The average molecular weight is 641 g/mol. The molecule has 0 aliphatic carbocycles. The Labute approximate surface area is 286 Å². The van der Waals surface area contributed by atoms with E-state index in [0.29, 0.717) is 0 Å². The van der Waals surface area contributed by atoms with E-state index in [4.69, 9.17) is 0 Å². The number of thiophene rings is 1. The van der Waals surface area contributed by atoms with E-state index < -0.39 is 0 Å². The third-order valence-electron chi connectivity index (χ3n) is 10.3. The van der Waals surface area contributed by atoms with Crippen molar-refractivity contribution in [3.8, 4) is 22.5 Å². The quantitative estimate of drug-likeness (QED) is 0.182. The molecular formula is C46H28N2S. The lowest BCUT2D eigenvalue weighted by atomic mass is 10.0. The van der Waals surface area contributed by atoms with E-state index in [-0.39, 0.29) is 0 Å². The number of para-hydroxylation sites is 2. The Bertz CT molecular complexity index is 3090. The normalized spacial score (nSPS) is 12.1. The zero-order chi connectivity index (χ0) is 32.1. The molecular weight excluding hydrogens is 613 g/mol. The van der Waals surface area contributed by atoms with Crippen molar-refractivity contribution in [3.63, 3.8) is 0 Å². The van der Waals surface area contributed by atoms with Crippen LogP contribution in [0.15, 0.2) is 170 Å². The molecule has 11 rings (SSSR count). The molecule has 11 aromatic rings. The maximum atomic E-state index is 2.46. The first-order valence-corrected chi connectivity index (χ1v) is 17.6. The van der Waals surface area contributed by atoms with Crippen LogP contribution < -0.4 is 0 Å². The Morgan fingerprint density at radius 2 is 0.918 bits per heavy atom. The lowest BCUT2D eigenvalue weighted by molar-refractivity contribution is 1.17. The van der Waals surface area contributed by atoms with Crippen molar-refractivity contribution >= 4 is 85.9 Å². The summed E-state index contributed by atoms with van der Waals surface area (Å²) in [5.74, 6) is 0. The van der Waals surface area contributed by atoms with Gasteiger partial charge < -0.3 is 9.13 Å². The molecule has 3 aromatic heterocycles. The molecule has 0 aliphatic heterocycles. The summed E-state index contributed by atoms with van der Waals surface area (Å²) in [5, 5.41) is 10.3. The van der Waals surface area contributed by atoms with E-state index in [0.717, 1.165) is 5.69 Å². The highest BCUT2D eigenvalue weighted by Crippen LogP contribution is 2.43. The van der Waals surface area contributed by atoms with E-state index in [1.807, 2.05) is 11.3 Å². The molecule has 0 saturated carbocycles. The van der Waals surface area contributed by atoms with Gasteiger partial charge >= 0.3 is 0 Å². The van der Waals surface area contributed by atoms with Crippen LogP contribution in [-0.2, 0) is 0 Å². The largest absolute Gasteiger partial charge is 0.309 e. The average Bonchev–Trinajstić information content (AvgIpc) is 3.80. The third-order valence-corrected chi connectivity index (χ3v) is 11.4. The van der Waals surface area contributed by atoms with E-state index in [1.165, 1.54) is 91.4 Å². The summed E-state index contributed by atoms with van der Waals surface area (Å²) >= 11 is 1.88. The summed E-state index contributed by atoms with van der Waals surface area (Å²) in [4.78, 5) is 0. The fourth-order valence-electron chi connectivity index (χ4n) is 8.00. The molecule has 0 spiro atoms. The Kier molecular flexibility index (Phi) is 5.57. The van der Waals surface area contributed by atoms with Gasteiger partial charge in [-0.1, -0.05) is 103 Å². The van der Waals surface area contributed by atoms with Gasteiger partial charge in [0.15, 0.2) is 0 Å². The molecule has 228 valence electrons. The van der Waals surface area contributed by atoms with Crippen LogP contribution in [0.1, 0.15) is 0 Å². The highest BCUT2D eigenvalue weighted by Gasteiger charge is 2.20. The van der Waals surface area contributed by atoms with Crippen LogP contribution in [0.25, 0.3) is 97.1 Å². The van der Waals surface area contributed by atoms with Crippen LogP contribution in [0, 0.1) is 0 Å². The number of nitrogens with zero attached hydrogens (tertiary/aromatic N) is 2. The van der Waals surface area contributed by atoms with Gasteiger partial charge in [0.05, 0.1) is 22.1 Å². The van der Waals surface area contributed by atoms with E-state index >= 15 is 0 Å². The minimum Gasteiger partial charge on any atom is -0.309 e. The van der Waals surface area contributed by atoms with Crippen molar-refractivity contribution in [2.45, 2.75) is 0 Å². The van der Waals surface area contributed by atoms with Crippen LogP contribution in [0.2, 0.25) is 0 Å². The Hall–Kier alpha value is -6.16. The highest BCUT2D eigenvalue weighted by molar-refractivity contribution is 7.25. The number of aromatic nitrogens is 2. The second kappa shape index (κ2) is 10.2. The molecule has 3 heteroatoms. The van der Waals surface area contributed by atoms with Crippen molar-refractivity contribution < 1.29 is 0 Å².